The average molecular weight is 424 g/mol. The number of hydrogen-bond acceptors (Lipinski definition) is 6. The van der Waals surface area contributed by atoms with Crippen LogP contribution in [0.2, 0.25) is 0 Å². The first-order chi connectivity index (χ1) is 9.70. The van der Waals surface area contributed by atoms with Crippen molar-refractivity contribution < 1.29 is 72.6 Å². The van der Waals surface area contributed by atoms with Crippen LogP contribution in [0.25, 0.3) is 0 Å². The normalized spacial score (nSPS) is 9.83. The van der Waals surface area contributed by atoms with E-state index in [0.29, 0.717) is 0 Å². The molecular formula is C11H18N2Ni2O8. The van der Waals surface area contributed by atoms with Gasteiger partial charge in [0.25, 0.3) is 0 Å². The number of hydrogen-bond donors (Lipinski definition) is 4. The van der Waals surface area contributed by atoms with E-state index in [4.69, 9.17) is 20.4 Å². The van der Waals surface area contributed by atoms with Gasteiger partial charge in [0, 0.05) is 46.1 Å². The van der Waals surface area contributed by atoms with Gasteiger partial charge >= 0.3 is 23.9 Å². The molecule has 0 aromatic carbocycles. The van der Waals surface area contributed by atoms with Crippen molar-refractivity contribution in [1.29, 1.82) is 0 Å². The van der Waals surface area contributed by atoms with Crippen molar-refractivity contribution in [3.63, 3.8) is 0 Å². The van der Waals surface area contributed by atoms with E-state index in [1.165, 1.54) is 9.80 Å². The second-order valence-corrected chi connectivity index (χ2v) is 4.35. The van der Waals surface area contributed by atoms with Crippen LogP contribution in [-0.2, 0) is 52.2 Å². The van der Waals surface area contributed by atoms with Crippen LogP contribution in [-0.4, -0.2) is 93.4 Å². The maximum Gasteiger partial charge on any atom is 0.317 e. The molecule has 12 heteroatoms. The van der Waals surface area contributed by atoms with E-state index in [1.54, 1.807) is 0 Å². The zero-order chi connectivity index (χ0) is 16.4. The third-order valence-corrected chi connectivity index (χ3v) is 2.38. The van der Waals surface area contributed by atoms with Crippen molar-refractivity contribution in [3.05, 3.63) is 0 Å². The van der Waals surface area contributed by atoms with Crippen LogP contribution in [0.1, 0.15) is 6.42 Å². The molecule has 0 aliphatic carbocycles. The van der Waals surface area contributed by atoms with Gasteiger partial charge in [0.15, 0.2) is 0 Å². The Morgan fingerprint density at radius 1 is 0.565 bits per heavy atom. The van der Waals surface area contributed by atoms with Gasteiger partial charge in [-0.15, -0.1) is 0 Å². The number of aliphatic carboxylic acids is 4. The van der Waals surface area contributed by atoms with Crippen LogP contribution in [0.5, 0.6) is 0 Å². The summed E-state index contributed by atoms with van der Waals surface area (Å²) in [4.78, 5) is 44.7. The molecule has 0 aliphatic heterocycles. The molecule has 0 heterocycles. The molecule has 0 atom stereocenters. The van der Waals surface area contributed by atoms with Gasteiger partial charge in [-0.3, -0.25) is 29.0 Å². The average Bonchev–Trinajstić information content (AvgIpc) is 2.24. The summed E-state index contributed by atoms with van der Waals surface area (Å²) < 4.78 is 0. The third-order valence-electron chi connectivity index (χ3n) is 2.38. The monoisotopic (exact) mass is 422 g/mol. The van der Waals surface area contributed by atoms with E-state index >= 15 is 0 Å². The van der Waals surface area contributed by atoms with Gasteiger partial charge in [0.05, 0.1) is 26.2 Å². The SMILES string of the molecule is O=C(O)CN(CCCN(CC(=O)O)CC(=O)O)CC(=O)O.[Ni].[Ni]. The zero-order valence-corrected chi connectivity index (χ0v) is 13.9. The molecule has 140 valence electrons. The quantitative estimate of drug-likeness (QED) is 0.267. The number of rotatable bonds is 12. The van der Waals surface area contributed by atoms with Crippen LogP contribution < -0.4 is 0 Å². The summed E-state index contributed by atoms with van der Waals surface area (Å²) in [7, 11) is 0. The first-order valence-electron chi connectivity index (χ1n) is 6.02. The fourth-order valence-electron chi connectivity index (χ4n) is 1.71. The number of carboxylic acids is 4. The Kier molecular flexibility index (Phi) is 16.7. The summed E-state index contributed by atoms with van der Waals surface area (Å²) >= 11 is 0. The number of nitrogens with zero attached hydrogens (tertiary/aromatic N) is 2. The fourth-order valence-corrected chi connectivity index (χ4v) is 1.71. The summed E-state index contributed by atoms with van der Waals surface area (Å²) in [6.45, 7) is -1.61. The van der Waals surface area contributed by atoms with Crippen LogP contribution >= 0.6 is 0 Å². The molecule has 0 aromatic rings. The molecule has 0 amide bonds. The molecule has 0 rings (SSSR count). The van der Waals surface area contributed by atoms with Crippen LogP contribution in [0.3, 0.4) is 0 Å². The Labute approximate surface area is 152 Å². The Hall–Kier alpha value is -1.21. The van der Waals surface area contributed by atoms with Crippen molar-refractivity contribution in [3.8, 4) is 0 Å². The largest absolute Gasteiger partial charge is 0.480 e. The Bertz CT molecular complexity index is 339. The minimum Gasteiger partial charge on any atom is -0.480 e. The minimum absolute atomic E-state index is 0. The summed E-state index contributed by atoms with van der Waals surface area (Å²) in [5.74, 6) is -4.71. The van der Waals surface area contributed by atoms with Crippen LogP contribution in [0, 0.1) is 0 Å². The van der Waals surface area contributed by atoms with Gasteiger partial charge in [-0.05, 0) is 6.42 Å². The van der Waals surface area contributed by atoms with Gasteiger partial charge in [-0.2, -0.15) is 0 Å². The van der Waals surface area contributed by atoms with Gasteiger partial charge < -0.3 is 20.4 Å². The first kappa shape index (κ1) is 26.7. The van der Waals surface area contributed by atoms with Crippen LogP contribution in [0.15, 0.2) is 0 Å². The third kappa shape index (κ3) is 17.0. The smallest absolute Gasteiger partial charge is 0.317 e. The molecule has 10 nitrogen and oxygen atoms in total. The topological polar surface area (TPSA) is 156 Å². The molecular weight excluding hydrogens is 406 g/mol. The first-order valence-corrected chi connectivity index (χ1v) is 6.02. The van der Waals surface area contributed by atoms with Gasteiger partial charge in [-0.1, -0.05) is 0 Å². The van der Waals surface area contributed by atoms with Crippen molar-refractivity contribution in [2.45, 2.75) is 6.42 Å². The molecule has 0 bridgehead atoms. The van der Waals surface area contributed by atoms with E-state index in [1.807, 2.05) is 0 Å². The Morgan fingerprint density at radius 3 is 0.957 bits per heavy atom. The molecule has 23 heavy (non-hydrogen) atoms. The summed E-state index contributed by atoms with van der Waals surface area (Å²) in [5, 5.41) is 34.6. The predicted octanol–water partition coefficient (Wildman–Crippen LogP) is -1.69. The van der Waals surface area contributed by atoms with E-state index in [9.17, 15) is 19.2 Å². The Morgan fingerprint density at radius 2 is 0.783 bits per heavy atom. The van der Waals surface area contributed by atoms with Gasteiger partial charge in [0.1, 0.15) is 0 Å². The number of carbonyl (C=O) groups is 4. The van der Waals surface area contributed by atoms with Crippen molar-refractivity contribution in [1.82, 2.24) is 9.80 Å². The molecule has 4 N–H and O–H groups in total. The summed E-state index contributed by atoms with van der Waals surface area (Å²) in [6, 6.07) is 0. The molecule has 0 radical (unpaired) electrons. The van der Waals surface area contributed by atoms with Crippen molar-refractivity contribution in [2.24, 2.45) is 0 Å². The van der Waals surface area contributed by atoms with Crippen LogP contribution in [0.4, 0.5) is 0 Å². The fraction of sp³-hybridized carbons (Fsp3) is 0.636. The second-order valence-electron chi connectivity index (χ2n) is 4.35. The predicted molar refractivity (Wildman–Crippen MR) is 68.0 cm³/mol. The maximum atomic E-state index is 10.6. The molecule has 0 aliphatic rings. The van der Waals surface area contributed by atoms with Gasteiger partial charge in [0.2, 0.25) is 0 Å². The molecule has 0 spiro atoms. The number of carboxylic acid groups (broad SMARTS) is 4. The van der Waals surface area contributed by atoms with Crippen molar-refractivity contribution in [2.75, 3.05) is 39.3 Å². The maximum absolute atomic E-state index is 10.6. The van der Waals surface area contributed by atoms with E-state index in [0.717, 1.165) is 0 Å². The van der Waals surface area contributed by atoms with E-state index in [2.05, 4.69) is 0 Å². The summed E-state index contributed by atoms with van der Waals surface area (Å²) in [5.41, 5.74) is 0. The molecule has 0 saturated heterocycles. The summed E-state index contributed by atoms with van der Waals surface area (Å²) in [6.07, 6.45) is 0.251. The second kappa shape index (κ2) is 14.4. The standard InChI is InChI=1S/C11H18N2O8.2Ni/c14-8(15)4-12(5-9(16)17)2-1-3-13(6-10(18)19)7-11(20)21;;/h1-7H2,(H,14,15)(H,16,17)(H,18,19)(H,20,21);;. The Balaban J connectivity index is -0.00000200. The van der Waals surface area contributed by atoms with E-state index < -0.39 is 50.1 Å². The molecule has 0 aromatic heterocycles. The molecule has 0 unspecified atom stereocenters. The zero-order valence-electron chi connectivity index (χ0n) is 11.9. The molecule has 0 saturated carbocycles. The molecule has 0 fully saturated rings. The minimum atomic E-state index is -1.18. The van der Waals surface area contributed by atoms with E-state index in [-0.39, 0.29) is 52.5 Å². The van der Waals surface area contributed by atoms with Crippen molar-refractivity contribution >= 4 is 23.9 Å². The van der Waals surface area contributed by atoms with Gasteiger partial charge in [-0.25, -0.2) is 0 Å².